The topological polar surface area (TPSA) is 95.4 Å². The van der Waals surface area contributed by atoms with E-state index in [9.17, 15) is 8.42 Å². The highest BCUT2D eigenvalue weighted by molar-refractivity contribution is 7.89. The number of anilines is 1. The van der Waals surface area contributed by atoms with Crippen molar-refractivity contribution in [2.75, 3.05) is 12.8 Å². The fraction of sp³-hybridized carbons (Fsp3) is 0.333. The van der Waals surface area contributed by atoms with E-state index in [1.165, 1.54) is 13.2 Å². The van der Waals surface area contributed by atoms with Crippen molar-refractivity contribution >= 4 is 15.7 Å². The summed E-state index contributed by atoms with van der Waals surface area (Å²) in [4.78, 5) is 0.0401. The fourth-order valence-corrected chi connectivity index (χ4v) is 2.33. The molecule has 15 heavy (non-hydrogen) atoms. The molecule has 4 N–H and O–H groups in total. The lowest BCUT2D eigenvalue weighted by Gasteiger charge is -2.13. The normalized spacial score (nSPS) is 11.5. The maximum Gasteiger partial charge on any atom is 0.238 e. The molecule has 5 nitrogen and oxygen atoms in total. The predicted molar refractivity (Wildman–Crippen MR) is 58.3 cm³/mol. The maximum atomic E-state index is 11.2. The third-order valence-corrected chi connectivity index (χ3v) is 3.27. The molecule has 0 bridgehead atoms. The average molecular weight is 230 g/mol. The van der Waals surface area contributed by atoms with E-state index in [0.29, 0.717) is 22.6 Å². The van der Waals surface area contributed by atoms with Crippen molar-refractivity contribution in [1.29, 1.82) is 0 Å². The number of sulfonamides is 1. The van der Waals surface area contributed by atoms with E-state index >= 15 is 0 Å². The minimum atomic E-state index is -3.74. The van der Waals surface area contributed by atoms with Crippen LogP contribution in [0.25, 0.3) is 0 Å². The smallest absolute Gasteiger partial charge is 0.238 e. The molecular formula is C9H14N2O3S. The van der Waals surface area contributed by atoms with Gasteiger partial charge in [0, 0.05) is 0 Å². The minimum Gasteiger partial charge on any atom is -0.494 e. The highest BCUT2D eigenvalue weighted by atomic mass is 32.2. The van der Waals surface area contributed by atoms with Gasteiger partial charge in [-0.2, -0.15) is 0 Å². The Bertz CT molecular complexity index is 495. The largest absolute Gasteiger partial charge is 0.494 e. The van der Waals surface area contributed by atoms with Crippen molar-refractivity contribution in [3.05, 3.63) is 17.2 Å². The molecule has 1 rings (SSSR count). The number of aryl methyl sites for hydroxylation is 1. The number of nitrogens with two attached hydrogens (primary N) is 2. The quantitative estimate of drug-likeness (QED) is 0.725. The van der Waals surface area contributed by atoms with E-state index in [1.807, 2.05) is 0 Å². The number of nitrogen functional groups attached to an aromatic ring is 1. The number of hydrogen-bond donors (Lipinski definition) is 2. The van der Waals surface area contributed by atoms with Crippen molar-refractivity contribution in [2.45, 2.75) is 18.7 Å². The number of rotatable bonds is 2. The molecule has 0 heterocycles. The van der Waals surface area contributed by atoms with Crippen LogP contribution in [0, 0.1) is 13.8 Å². The summed E-state index contributed by atoms with van der Waals surface area (Å²) in [5.74, 6) is 0.486. The number of primary sulfonamides is 1. The van der Waals surface area contributed by atoms with Gasteiger partial charge < -0.3 is 10.5 Å². The van der Waals surface area contributed by atoms with Crippen LogP contribution in [0.1, 0.15) is 11.1 Å². The van der Waals surface area contributed by atoms with Crippen molar-refractivity contribution in [3.63, 3.8) is 0 Å². The molecule has 0 amide bonds. The lowest BCUT2D eigenvalue weighted by Crippen LogP contribution is -2.15. The lowest BCUT2D eigenvalue weighted by molar-refractivity contribution is 0.413. The van der Waals surface area contributed by atoms with Crippen LogP contribution in [0.15, 0.2) is 11.0 Å². The van der Waals surface area contributed by atoms with Crippen LogP contribution in [0.5, 0.6) is 5.75 Å². The summed E-state index contributed by atoms with van der Waals surface area (Å²) < 4.78 is 27.5. The zero-order valence-electron chi connectivity index (χ0n) is 8.87. The Labute approximate surface area is 89.1 Å². The standard InChI is InChI=1S/C9H14N2O3S/c1-5-4-7(15(11,12)13)6(2)8(10)9(5)14-3/h4H,10H2,1-3H3,(H2,11,12,13). The van der Waals surface area contributed by atoms with Gasteiger partial charge in [-0.3, -0.25) is 0 Å². The van der Waals surface area contributed by atoms with E-state index in [4.69, 9.17) is 15.6 Å². The second-order valence-electron chi connectivity index (χ2n) is 3.31. The van der Waals surface area contributed by atoms with Gasteiger partial charge in [0.15, 0.2) is 0 Å². The maximum absolute atomic E-state index is 11.2. The molecule has 0 fully saturated rings. The second kappa shape index (κ2) is 3.71. The number of benzene rings is 1. The fourth-order valence-electron chi connectivity index (χ4n) is 1.45. The van der Waals surface area contributed by atoms with E-state index in [0.717, 1.165) is 0 Å². The summed E-state index contributed by atoms with van der Waals surface area (Å²) in [6.45, 7) is 3.31. The third-order valence-electron chi connectivity index (χ3n) is 2.23. The third kappa shape index (κ3) is 2.05. The summed E-state index contributed by atoms with van der Waals surface area (Å²) in [5.41, 5.74) is 7.11. The SMILES string of the molecule is COc1c(C)cc(S(N)(=O)=O)c(C)c1N. The Hall–Kier alpha value is -1.27. The highest BCUT2D eigenvalue weighted by Gasteiger charge is 2.18. The van der Waals surface area contributed by atoms with Crippen molar-refractivity contribution in [3.8, 4) is 5.75 Å². The second-order valence-corrected chi connectivity index (χ2v) is 4.84. The van der Waals surface area contributed by atoms with Gasteiger partial charge in [0.2, 0.25) is 10.0 Å². The molecule has 1 aromatic rings. The van der Waals surface area contributed by atoms with Gasteiger partial charge in [-0.1, -0.05) is 0 Å². The average Bonchev–Trinajstić information content (AvgIpc) is 2.10. The molecule has 0 radical (unpaired) electrons. The van der Waals surface area contributed by atoms with Crippen LogP contribution in [-0.4, -0.2) is 15.5 Å². The molecule has 0 spiro atoms. The number of methoxy groups -OCH3 is 1. The molecule has 0 aliphatic rings. The summed E-state index contributed by atoms with van der Waals surface area (Å²) in [6.07, 6.45) is 0. The molecule has 0 saturated carbocycles. The molecule has 6 heteroatoms. The molecule has 0 aromatic heterocycles. The zero-order chi connectivity index (χ0) is 11.8. The first-order valence-corrected chi connectivity index (χ1v) is 5.80. The van der Waals surface area contributed by atoms with Crippen molar-refractivity contribution in [1.82, 2.24) is 0 Å². The first-order valence-electron chi connectivity index (χ1n) is 4.25. The van der Waals surface area contributed by atoms with Gasteiger partial charge in [-0.15, -0.1) is 0 Å². The van der Waals surface area contributed by atoms with Crippen LogP contribution in [-0.2, 0) is 10.0 Å². The summed E-state index contributed by atoms with van der Waals surface area (Å²) in [5, 5.41) is 5.06. The Morgan fingerprint density at radius 3 is 2.27 bits per heavy atom. The van der Waals surface area contributed by atoms with Gasteiger partial charge in [0.05, 0.1) is 17.7 Å². The van der Waals surface area contributed by atoms with Crippen LogP contribution >= 0.6 is 0 Å². The molecule has 0 atom stereocenters. The summed E-state index contributed by atoms with van der Waals surface area (Å²) in [7, 11) is -2.26. The van der Waals surface area contributed by atoms with Crippen LogP contribution < -0.4 is 15.6 Å². The van der Waals surface area contributed by atoms with Gasteiger partial charge >= 0.3 is 0 Å². The number of hydrogen-bond acceptors (Lipinski definition) is 4. The lowest BCUT2D eigenvalue weighted by atomic mass is 10.1. The van der Waals surface area contributed by atoms with Crippen LogP contribution in [0.3, 0.4) is 0 Å². The molecule has 0 unspecified atom stereocenters. The van der Waals surface area contributed by atoms with Gasteiger partial charge in [0.1, 0.15) is 5.75 Å². The number of ether oxygens (including phenoxy) is 1. The summed E-state index contributed by atoms with van der Waals surface area (Å²) >= 11 is 0. The van der Waals surface area contributed by atoms with E-state index in [-0.39, 0.29) is 4.90 Å². The Kier molecular flexibility index (Phi) is 2.92. The monoisotopic (exact) mass is 230 g/mol. The predicted octanol–water partition coefficient (Wildman–Crippen LogP) is 0.542. The molecule has 0 aliphatic carbocycles. The van der Waals surface area contributed by atoms with Crippen molar-refractivity contribution in [2.24, 2.45) is 5.14 Å². The Balaban J connectivity index is 3.62. The molecule has 0 aliphatic heterocycles. The van der Waals surface area contributed by atoms with Crippen molar-refractivity contribution < 1.29 is 13.2 Å². The molecule has 0 saturated heterocycles. The van der Waals surface area contributed by atoms with Gasteiger partial charge in [-0.05, 0) is 31.0 Å². The van der Waals surface area contributed by atoms with Gasteiger partial charge in [-0.25, -0.2) is 13.6 Å². The first kappa shape index (κ1) is 11.8. The first-order chi connectivity index (χ1) is 6.79. The molecular weight excluding hydrogens is 216 g/mol. The van der Waals surface area contributed by atoms with Crippen LogP contribution in [0.4, 0.5) is 5.69 Å². The van der Waals surface area contributed by atoms with E-state index in [1.54, 1.807) is 13.8 Å². The summed E-state index contributed by atoms with van der Waals surface area (Å²) in [6, 6.07) is 1.46. The molecule has 84 valence electrons. The highest BCUT2D eigenvalue weighted by Crippen LogP contribution is 2.33. The molecule has 1 aromatic carbocycles. The minimum absolute atomic E-state index is 0.0401. The Morgan fingerprint density at radius 1 is 1.33 bits per heavy atom. The van der Waals surface area contributed by atoms with E-state index < -0.39 is 10.0 Å². The van der Waals surface area contributed by atoms with Gasteiger partial charge in [0.25, 0.3) is 0 Å². The Morgan fingerprint density at radius 2 is 1.87 bits per heavy atom. The van der Waals surface area contributed by atoms with Crippen LogP contribution in [0.2, 0.25) is 0 Å². The van der Waals surface area contributed by atoms with E-state index in [2.05, 4.69) is 0 Å². The zero-order valence-corrected chi connectivity index (χ0v) is 9.68.